The summed E-state index contributed by atoms with van der Waals surface area (Å²) in [5.41, 5.74) is 4.40. The first kappa shape index (κ1) is 13.5. The van der Waals surface area contributed by atoms with Crippen molar-refractivity contribution >= 4 is 22.7 Å². The van der Waals surface area contributed by atoms with Crippen molar-refractivity contribution in [2.24, 2.45) is 5.84 Å². The molecule has 2 rings (SSSR count). The zero-order chi connectivity index (χ0) is 13.3. The molecule has 0 bridgehead atoms. The normalized spacial score (nSPS) is 13.8. The lowest BCUT2D eigenvalue weighted by molar-refractivity contribution is -0.137. The first-order valence-corrected chi connectivity index (χ1v) is 6.71. The highest BCUT2D eigenvalue weighted by Gasteiger charge is 2.35. The maximum absolute atomic E-state index is 12.5. The van der Waals surface area contributed by atoms with Gasteiger partial charge in [0.1, 0.15) is 0 Å². The van der Waals surface area contributed by atoms with Crippen molar-refractivity contribution in [3.8, 4) is 0 Å². The van der Waals surface area contributed by atoms with Gasteiger partial charge in [-0.2, -0.15) is 24.5 Å². The Morgan fingerprint density at radius 1 is 1.39 bits per heavy atom. The van der Waals surface area contributed by atoms with Gasteiger partial charge in [0.25, 0.3) is 0 Å². The first-order valence-electron chi connectivity index (χ1n) is 4.95. The van der Waals surface area contributed by atoms with E-state index in [1.807, 2.05) is 17.7 Å². The highest BCUT2D eigenvalue weighted by atomic mass is 32.1. The van der Waals surface area contributed by atoms with Gasteiger partial charge in [-0.3, -0.25) is 5.84 Å². The van der Waals surface area contributed by atoms with Crippen LogP contribution in [0.1, 0.15) is 27.1 Å². The molecule has 0 saturated heterocycles. The molecule has 0 amide bonds. The molecule has 0 aromatic carbocycles. The van der Waals surface area contributed by atoms with E-state index in [0.29, 0.717) is 16.2 Å². The summed E-state index contributed by atoms with van der Waals surface area (Å²) in [7, 11) is 0. The lowest BCUT2D eigenvalue weighted by Gasteiger charge is -2.13. The van der Waals surface area contributed by atoms with Gasteiger partial charge in [-0.15, -0.1) is 11.3 Å². The number of nitrogens with one attached hydrogen (secondary N) is 1. The second-order valence-corrected chi connectivity index (χ2v) is 5.48. The van der Waals surface area contributed by atoms with Crippen LogP contribution in [0.2, 0.25) is 0 Å². The number of thiophene rings is 1. The molecule has 3 nitrogen and oxygen atoms in total. The molecule has 0 aliphatic heterocycles. The van der Waals surface area contributed by atoms with Crippen molar-refractivity contribution in [2.75, 3.05) is 0 Å². The maximum atomic E-state index is 12.5. The number of hydrazine groups is 1. The van der Waals surface area contributed by atoms with Crippen LogP contribution in [0.5, 0.6) is 0 Å². The van der Waals surface area contributed by atoms with Gasteiger partial charge in [0, 0.05) is 11.1 Å². The van der Waals surface area contributed by atoms with Crippen LogP contribution in [0.4, 0.5) is 13.2 Å². The quantitative estimate of drug-likeness (QED) is 0.675. The van der Waals surface area contributed by atoms with Gasteiger partial charge in [0.2, 0.25) is 0 Å². The molecule has 18 heavy (non-hydrogen) atoms. The Kier molecular flexibility index (Phi) is 3.71. The molecule has 2 heterocycles. The van der Waals surface area contributed by atoms with Gasteiger partial charge in [-0.1, -0.05) is 0 Å². The Balaban J connectivity index is 2.35. The molecule has 0 aliphatic rings. The van der Waals surface area contributed by atoms with E-state index in [1.54, 1.807) is 0 Å². The van der Waals surface area contributed by atoms with Crippen molar-refractivity contribution in [2.45, 2.75) is 19.1 Å². The number of aromatic nitrogens is 1. The summed E-state index contributed by atoms with van der Waals surface area (Å²) in [6.07, 6.45) is -3.19. The molecule has 0 saturated carbocycles. The predicted molar refractivity (Wildman–Crippen MR) is 65.3 cm³/mol. The van der Waals surface area contributed by atoms with E-state index in [4.69, 9.17) is 5.84 Å². The van der Waals surface area contributed by atoms with Gasteiger partial charge in [-0.05, 0) is 28.8 Å². The highest BCUT2D eigenvalue weighted by Crippen LogP contribution is 2.36. The minimum absolute atomic E-state index is 0.450. The van der Waals surface area contributed by atoms with E-state index < -0.39 is 17.2 Å². The summed E-state index contributed by atoms with van der Waals surface area (Å²) in [6, 6.07) is -0.454. The largest absolute Gasteiger partial charge is 0.443 e. The van der Waals surface area contributed by atoms with Gasteiger partial charge in [0.15, 0.2) is 5.01 Å². The maximum Gasteiger partial charge on any atom is 0.443 e. The van der Waals surface area contributed by atoms with Crippen LogP contribution in [-0.4, -0.2) is 4.98 Å². The summed E-state index contributed by atoms with van der Waals surface area (Å²) in [5, 5.41) is 2.93. The third kappa shape index (κ3) is 2.56. The molecule has 8 heteroatoms. The van der Waals surface area contributed by atoms with Gasteiger partial charge >= 0.3 is 6.18 Å². The zero-order valence-corrected chi connectivity index (χ0v) is 10.9. The second-order valence-electron chi connectivity index (χ2n) is 3.68. The summed E-state index contributed by atoms with van der Waals surface area (Å²) >= 11 is 2.09. The highest BCUT2D eigenvalue weighted by molar-refractivity contribution is 7.11. The van der Waals surface area contributed by atoms with Crippen LogP contribution in [0.15, 0.2) is 17.0 Å². The third-order valence-corrected chi connectivity index (χ3v) is 4.41. The minimum Gasteiger partial charge on any atom is -0.271 e. The van der Waals surface area contributed by atoms with Crippen LogP contribution in [0, 0.1) is 6.92 Å². The Hall–Kier alpha value is -0.960. The van der Waals surface area contributed by atoms with Crippen LogP contribution >= 0.6 is 22.7 Å². The van der Waals surface area contributed by atoms with Crippen LogP contribution in [0.3, 0.4) is 0 Å². The summed E-state index contributed by atoms with van der Waals surface area (Å²) in [6.45, 7) is 1.89. The van der Waals surface area contributed by atoms with Crippen LogP contribution < -0.4 is 11.3 Å². The van der Waals surface area contributed by atoms with E-state index in [9.17, 15) is 13.2 Å². The molecule has 1 unspecified atom stereocenters. The monoisotopic (exact) mass is 293 g/mol. The summed E-state index contributed by atoms with van der Waals surface area (Å²) < 4.78 is 37.5. The smallest absolute Gasteiger partial charge is 0.271 e. The molecule has 2 aromatic heterocycles. The second kappa shape index (κ2) is 4.96. The van der Waals surface area contributed by atoms with E-state index >= 15 is 0 Å². The van der Waals surface area contributed by atoms with Crippen LogP contribution in [0.25, 0.3) is 0 Å². The number of halogens is 3. The summed E-state index contributed by atoms with van der Waals surface area (Å²) in [5.74, 6) is 5.44. The van der Waals surface area contributed by atoms with Gasteiger partial charge in [-0.25, -0.2) is 10.4 Å². The fourth-order valence-electron chi connectivity index (χ4n) is 1.54. The zero-order valence-electron chi connectivity index (χ0n) is 9.28. The molecule has 0 spiro atoms. The topological polar surface area (TPSA) is 50.9 Å². The van der Waals surface area contributed by atoms with E-state index in [0.717, 1.165) is 11.1 Å². The van der Waals surface area contributed by atoms with Gasteiger partial charge in [0.05, 0.1) is 6.04 Å². The number of rotatable bonds is 3. The Bertz CT molecular complexity index is 532. The third-order valence-electron chi connectivity index (χ3n) is 2.42. The van der Waals surface area contributed by atoms with E-state index in [1.165, 1.54) is 17.5 Å². The fourth-order valence-corrected chi connectivity index (χ4v) is 3.28. The van der Waals surface area contributed by atoms with Crippen molar-refractivity contribution in [1.82, 2.24) is 10.4 Å². The number of alkyl halides is 3. The van der Waals surface area contributed by atoms with Crippen molar-refractivity contribution in [3.05, 3.63) is 38.0 Å². The van der Waals surface area contributed by atoms with E-state index in [-0.39, 0.29) is 0 Å². The molecular weight excluding hydrogens is 283 g/mol. The van der Waals surface area contributed by atoms with Crippen molar-refractivity contribution in [3.63, 3.8) is 0 Å². The number of thiazole rings is 1. The Morgan fingerprint density at radius 3 is 2.56 bits per heavy atom. The Morgan fingerprint density at radius 2 is 2.11 bits per heavy atom. The Labute approximate surface area is 109 Å². The van der Waals surface area contributed by atoms with Crippen molar-refractivity contribution < 1.29 is 13.2 Å². The SMILES string of the molecule is Cc1cscc1C(NN)c1cnc(C(F)(F)F)s1. The number of nitrogens with zero attached hydrogens (tertiary/aromatic N) is 1. The molecule has 3 N–H and O–H groups in total. The number of nitrogens with two attached hydrogens (primary N) is 1. The molecular formula is C10H10F3N3S2. The lowest BCUT2D eigenvalue weighted by atomic mass is 10.1. The first-order chi connectivity index (χ1) is 8.43. The number of aryl methyl sites for hydroxylation is 1. The predicted octanol–water partition coefficient (Wildman–Crippen LogP) is 3.08. The number of hydrogen-bond acceptors (Lipinski definition) is 5. The standard InChI is InChI=1S/C10H10F3N3S2/c1-5-3-17-4-6(5)8(16-14)7-2-15-9(18-7)10(11,12)13/h2-4,8,16H,14H2,1H3. The molecule has 0 fully saturated rings. The van der Waals surface area contributed by atoms with Gasteiger partial charge < -0.3 is 0 Å². The minimum atomic E-state index is -4.41. The lowest BCUT2D eigenvalue weighted by Crippen LogP contribution is -2.28. The number of hydrogen-bond donors (Lipinski definition) is 2. The van der Waals surface area contributed by atoms with Crippen molar-refractivity contribution in [1.29, 1.82) is 0 Å². The molecule has 0 radical (unpaired) electrons. The average Bonchev–Trinajstić information content (AvgIpc) is 2.89. The van der Waals surface area contributed by atoms with Crippen LogP contribution in [-0.2, 0) is 6.18 Å². The summed E-state index contributed by atoms with van der Waals surface area (Å²) in [4.78, 5) is 3.85. The average molecular weight is 293 g/mol. The molecule has 0 aliphatic carbocycles. The molecule has 2 aromatic rings. The molecule has 1 atom stereocenters. The fraction of sp³-hybridized carbons (Fsp3) is 0.300. The molecule has 98 valence electrons. The van der Waals surface area contributed by atoms with E-state index in [2.05, 4.69) is 10.4 Å².